The summed E-state index contributed by atoms with van der Waals surface area (Å²) < 4.78 is 6.35. The topological polar surface area (TPSA) is 16.4 Å². The molecular formula is C45H45NO. The maximum atomic E-state index is 6.35. The fourth-order valence-electron chi connectivity index (χ4n) is 9.19. The maximum Gasteiger partial charge on any atom is 0.135 e. The van der Waals surface area contributed by atoms with Crippen LogP contribution in [0.3, 0.4) is 0 Å². The Balaban J connectivity index is 1.13. The number of benzene rings is 5. The van der Waals surface area contributed by atoms with Gasteiger partial charge in [-0.25, -0.2) is 0 Å². The van der Waals surface area contributed by atoms with Gasteiger partial charge < -0.3 is 9.32 Å². The van der Waals surface area contributed by atoms with E-state index in [1.165, 1.54) is 125 Å². The van der Waals surface area contributed by atoms with E-state index in [0.29, 0.717) is 11.8 Å². The van der Waals surface area contributed by atoms with Crippen LogP contribution in [0.1, 0.15) is 112 Å². The third-order valence-corrected chi connectivity index (χ3v) is 11.9. The summed E-state index contributed by atoms with van der Waals surface area (Å²) in [5.74, 6) is 1.41. The third kappa shape index (κ3) is 4.91. The van der Waals surface area contributed by atoms with Gasteiger partial charge in [-0.2, -0.15) is 0 Å². The molecule has 5 aromatic carbocycles. The first-order valence-electron chi connectivity index (χ1n) is 18.2. The Morgan fingerprint density at radius 3 is 1.68 bits per heavy atom. The quantitative estimate of drug-likeness (QED) is 0.192. The summed E-state index contributed by atoms with van der Waals surface area (Å²) in [6.45, 7) is 4.75. The van der Waals surface area contributed by atoms with Gasteiger partial charge in [-0.3, -0.25) is 0 Å². The number of furan rings is 1. The molecule has 0 atom stereocenters. The largest absolute Gasteiger partial charge is 0.456 e. The predicted molar refractivity (Wildman–Crippen MR) is 198 cm³/mol. The van der Waals surface area contributed by atoms with Crippen molar-refractivity contribution in [2.45, 2.75) is 95.3 Å². The summed E-state index contributed by atoms with van der Waals surface area (Å²) >= 11 is 0. The van der Waals surface area contributed by atoms with Crippen molar-refractivity contribution in [1.29, 1.82) is 0 Å². The van der Waals surface area contributed by atoms with E-state index in [4.69, 9.17) is 4.42 Å². The van der Waals surface area contributed by atoms with Crippen molar-refractivity contribution in [1.82, 2.24) is 0 Å². The van der Waals surface area contributed by atoms with Crippen LogP contribution in [0.4, 0.5) is 17.1 Å². The normalized spacial score (nSPS) is 18.0. The highest BCUT2D eigenvalue weighted by Crippen LogP contribution is 2.52. The zero-order valence-electron chi connectivity index (χ0n) is 27.9. The minimum Gasteiger partial charge on any atom is -0.456 e. The van der Waals surface area contributed by atoms with E-state index in [1.807, 2.05) is 0 Å². The number of para-hydroxylation sites is 1. The minimum atomic E-state index is -0.144. The summed E-state index contributed by atoms with van der Waals surface area (Å²) in [5.41, 5.74) is 13.9. The lowest BCUT2D eigenvalue weighted by molar-refractivity contribution is 0.443. The Labute approximate surface area is 279 Å². The van der Waals surface area contributed by atoms with Gasteiger partial charge in [0.05, 0.1) is 0 Å². The fourth-order valence-corrected chi connectivity index (χ4v) is 9.19. The Hall–Kier alpha value is -4.30. The van der Waals surface area contributed by atoms with E-state index in [9.17, 15) is 0 Å². The van der Waals surface area contributed by atoms with E-state index in [-0.39, 0.29) is 5.41 Å². The van der Waals surface area contributed by atoms with Crippen LogP contribution in [0, 0.1) is 0 Å². The molecule has 0 bridgehead atoms. The minimum absolute atomic E-state index is 0.144. The van der Waals surface area contributed by atoms with Gasteiger partial charge in [0.15, 0.2) is 0 Å². The van der Waals surface area contributed by atoms with Crippen molar-refractivity contribution >= 4 is 39.0 Å². The SMILES string of the molecule is CC1(C)c2cc(N(c3ccc(C4CCCCC4)cc3)c3ccc(C4CCCCC4)cc3)ccc2-c2cc3c(cc21)oc1ccccc13. The van der Waals surface area contributed by atoms with E-state index < -0.39 is 0 Å². The zero-order valence-corrected chi connectivity index (χ0v) is 27.9. The average molecular weight is 616 g/mol. The van der Waals surface area contributed by atoms with Gasteiger partial charge in [0.1, 0.15) is 11.2 Å². The Kier molecular flexibility index (Phi) is 7.03. The molecule has 2 heteroatoms. The molecule has 0 spiro atoms. The van der Waals surface area contributed by atoms with Crippen LogP contribution in [-0.2, 0) is 5.41 Å². The van der Waals surface area contributed by atoms with Crippen LogP contribution in [0.5, 0.6) is 0 Å². The second-order valence-corrected chi connectivity index (χ2v) is 15.0. The molecular weight excluding hydrogens is 571 g/mol. The molecule has 0 aliphatic heterocycles. The van der Waals surface area contributed by atoms with Gasteiger partial charge in [-0.1, -0.05) is 101 Å². The number of anilines is 3. The molecule has 0 amide bonds. The summed E-state index contributed by atoms with van der Waals surface area (Å²) in [6.07, 6.45) is 13.5. The van der Waals surface area contributed by atoms with Crippen molar-refractivity contribution in [3.63, 3.8) is 0 Å². The highest BCUT2D eigenvalue weighted by Gasteiger charge is 2.37. The first-order valence-corrected chi connectivity index (χ1v) is 18.2. The van der Waals surface area contributed by atoms with Crippen molar-refractivity contribution in [3.8, 4) is 11.1 Å². The van der Waals surface area contributed by atoms with Crippen LogP contribution in [0.15, 0.2) is 108 Å². The number of hydrogen-bond acceptors (Lipinski definition) is 2. The highest BCUT2D eigenvalue weighted by atomic mass is 16.3. The van der Waals surface area contributed by atoms with Gasteiger partial charge in [-0.05, 0) is 125 Å². The standard InChI is InChI=1S/C45H45NO/c1-45(2)41-27-36(25-26-37(41)39-28-40-38-15-9-10-16-43(38)47-44(40)29-42(39)45)46(34-21-17-32(18-22-34)30-11-5-3-6-12-30)35-23-19-33(20-24-35)31-13-7-4-8-14-31/h9-10,15-31H,3-8,11-14H2,1-2H3. The van der Waals surface area contributed by atoms with E-state index in [1.54, 1.807) is 0 Å². The van der Waals surface area contributed by atoms with Crippen LogP contribution in [-0.4, -0.2) is 0 Å². The molecule has 0 unspecified atom stereocenters. The van der Waals surface area contributed by atoms with Crippen molar-refractivity contribution in [3.05, 3.63) is 125 Å². The Bertz CT molecular complexity index is 2010. The molecule has 0 N–H and O–H groups in total. The van der Waals surface area contributed by atoms with Gasteiger partial charge in [0, 0.05) is 33.2 Å². The van der Waals surface area contributed by atoms with Crippen LogP contribution < -0.4 is 4.90 Å². The van der Waals surface area contributed by atoms with Crippen LogP contribution >= 0.6 is 0 Å². The summed E-state index contributed by atoms with van der Waals surface area (Å²) in [7, 11) is 0. The lowest BCUT2D eigenvalue weighted by Crippen LogP contribution is -2.16. The van der Waals surface area contributed by atoms with E-state index in [2.05, 4.69) is 122 Å². The zero-order chi connectivity index (χ0) is 31.5. The summed E-state index contributed by atoms with van der Waals surface area (Å²) in [5, 5.41) is 2.39. The van der Waals surface area contributed by atoms with Gasteiger partial charge in [0.25, 0.3) is 0 Å². The van der Waals surface area contributed by atoms with Crippen molar-refractivity contribution in [2.24, 2.45) is 0 Å². The molecule has 3 aliphatic carbocycles. The van der Waals surface area contributed by atoms with Crippen LogP contribution in [0.2, 0.25) is 0 Å². The number of hydrogen-bond donors (Lipinski definition) is 0. The molecule has 2 fully saturated rings. The molecule has 3 aliphatic rings. The van der Waals surface area contributed by atoms with Crippen molar-refractivity contribution in [2.75, 3.05) is 4.90 Å². The molecule has 236 valence electrons. The monoisotopic (exact) mass is 615 g/mol. The first kappa shape index (κ1) is 28.9. The van der Waals surface area contributed by atoms with E-state index in [0.717, 1.165) is 11.2 Å². The van der Waals surface area contributed by atoms with Gasteiger partial charge in [0.2, 0.25) is 0 Å². The van der Waals surface area contributed by atoms with Gasteiger partial charge in [-0.15, -0.1) is 0 Å². The number of rotatable bonds is 5. The third-order valence-electron chi connectivity index (χ3n) is 11.9. The second-order valence-electron chi connectivity index (χ2n) is 15.0. The molecule has 2 nitrogen and oxygen atoms in total. The summed E-state index contributed by atoms with van der Waals surface area (Å²) in [4.78, 5) is 2.48. The molecule has 0 radical (unpaired) electrons. The highest BCUT2D eigenvalue weighted by molar-refractivity contribution is 6.07. The maximum absolute atomic E-state index is 6.35. The lowest BCUT2D eigenvalue weighted by Gasteiger charge is -2.29. The number of fused-ring (bicyclic) bond motifs is 6. The predicted octanol–water partition coefficient (Wildman–Crippen LogP) is 13.5. The average Bonchev–Trinajstić information content (AvgIpc) is 3.60. The lowest BCUT2D eigenvalue weighted by atomic mass is 9.82. The smallest absolute Gasteiger partial charge is 0.135 e. The second kappa shape index (κ2) is 11.4. The molecule has 2 saturated carbocycles. The van der Waals surface area contributed by atoms with E-state index >= 15 is 0 Å². The number of nitrogens with zero attached hydrogens (tertiary/aromatic N) is 1. The fraction of sp³-hybridized carbons (Fsp3) is 0.333. The van der Waals surface area contributed by atoms with Crippen LogP contribution in [0.25, 0.3) is 33.1 Å². The Morgan fingerprint density at radius 2 is 1.06 bits per heavy atom. The molecule has 9 rings (SSSR count). The first-order chi connectivity index (χ1) is 23.0. The van der Waals surface area contributed by atoms with Gasteiger partial charge >= 0.3 is 0 Å². The van der Waals surface area contributed by atoms with Crippen molar-refractivity contribution < 1.29 is 4.42 Å². The summed E-state index contributed by atoms with van der Waals surface area (Å²) in [6, 6.07) is 39.3. The Morgan fingerprint density at radius 1 is 0.511 bits per heavy atom. The molecule has 0 saturated heterocycles. The molecule has 6 aromatic rings. The molecule has 1 heterocycles. The molecule has 1 aromatic heterocycles. The molecule has 47 heavy (non-hydrogen) atoms.